The number of imidazole rings is 1. The summed E-state index contributed by atoms with van der Waals surface area (Å²) in [5.41, 5.74) is 4.39. The largest absolute Gasteiger partial charge is 0.478 e. The van der Waals surface area contributed by atoms with Crippen LogP contribution in [-0.4, -0.2) is 82.6 Å². The summed E-state index contributed by atoms with van der Waals surface area (Å²) < 4.78 is 12.6. The number of rotatable bonds is 13. The number of carboxylic acid groups (broad SMARTS) is 1. The lowest BCUT2D eigenvalue weighted by molar-refractivity contribution is -0.492. The standard InChI is InChI=1S/C29H29N7O8/c1-2-42-28-30-24-11-7-10-23(27(37)38)25(24)34(28)18-19-12-14-20(15-13-19)21-8-3-4-9-22(21)26-31-33-35(32-26)29(39)43-16-5-6-17-44-36(40)41/h3-4,7-15,40-41H,2,5-6,16-18H2,1H3,(H,37,38). The molecule has 0 bridgehead atoms. The van der Waals surface area contributed by atoms with Gasteiger partial charge in [0.2, 0.25) is 5.82 Å². The molecule has 2 heterocycles. The van der Waals surface area contributed by atoms with E-state index in [1.165, 1.54) is 0 Å². The SMILES string of the molecule is CCOc1nc2cccc(C(=O)O)c2n1Cc1ccc(-c2ccccc2-c2nnn(C(=O)OCCCCON(O)O)n2)cc1. The third kappa shape index (κ3) is 6.87. The molecule has 3 aromatic carbocycles. The van der Waals surface area contributed by atoms with Crippen LogP contribution in [-0.2, 0) is 16.1 Å². The van der Waals surface area contributed by atoms with Crippen molar-refractivity contribution in [2.45, 2.75) is 26.3 Å². The summed E-state index contributed by atoms with van der Waals surface area (Å²) in [6.07, 6.45) is 0.0373. The maximum absolute atomic E-state index is 12.4. The minimum absolute atomic E-state index is 0.0362. The molecular formula is C29H29N7O8. The van der Waals surface area contributed by atoms with Gasteiger partial charge in [0.05, 0.1) is 48.4 Å². The van der Waals surface area contributed by atoms with Crippen LogP contribution < -0.4 is 4.74 Å². The third-order valence-corrected chi connectivity index (χ3v) is 6.56. The highest BCUT2D eigenvalue weighted by Gasteiger charge is 2.20. The molecule has 0 atom stereocenters. The average molecular weight is 604 g/mol. The highest BCUT2D eigenvalue weighted by molar-refractivity contribution is 6.01. The molecule has 0 spiro atoms. The van der Waals surface area contributed by atoms with Gasteiger partial charge in [0.15, 0.2) is 0 Å². The predicted octanol–water partition coefficient (Wildman–Crippen LogP) is 4.28. The fraction of sp³-hybridized carbons (Fsp3) is 0.241. The number of carboxylic acids is 1. The first-order valence-electron chi connectivity index (χ1n) is 13.7. The monoisotopic (exact) mass is 603 g/mol. The zero-order valence-electron chi connectivity index (χ0n) is 23.6. The molecule has 15 nitrogen and oxygen atoms in total. The number of nitrogens with zero attached hydrogens (tertiary/aromatic N) is 7. The van der Waals surface area contributed by atoms with Gasteiger partial charge in [-0.25, -0.2) is 9.59 Å². The quantitative estimate of drug-likeness (QED) is 0.128. The van der Waals surface area contributed by atoms with Crippen molar-refractivity contribution in [2.75, 3.05) is 19.8 Å². The Balaban J connectivity index is 1.32. The number of tetrazole rings is 1. The van der Waals surface area contributed by atoms with Crippen LogP contribution in [0.2, 0.25) is 0 Å². The van der Waals surface area contributed by atoms with Gasteiger partial charge in [-0.2, -0.15) is 4.98 Å². The Labute approximate surface area is 250 Å². The van der Waals surface area contributed by atoms with Crippen LogP contribution in [0.5, 0.6) is 6.01 Å². The Hall–Kier alpha value is -5.22. The number of hydrogen-bond donors (Lipinski definition) is 3. The number of para-hydroxylation sites is 1. The predicted molar refractivity (Wildman–Crippen MR) is 153 cm³/mol. The Kier molecular flexibility index (Phi) is 9.51. The number of unbranched alkanes of at least 4 members (excludes halogenated alkanes) is 1. The molecule has 0 radical (unpaired) electrons. The van der Waals surface area contributed by atoms with E-state index in [-0.39, 0.29) is 30.0 Å². The van der Waals surface area contributed by atoms with Crippen LogP contribution in [0.25, 0.3) is 33.5 Å². The fourth-order valence-corrected chi connectivity index (χ4v) is 4.59. The number of aromatic nitrogens is 6. The molecule has 15 heteroatoms. The van der Waals surface area contributed by atoms with Crippen molar-refractivity contribution in [3.63, 3.8) is 0 Å². The number of ether oxygens (including phenoxy) is 2. The van der Waals surface area contributed by atoms with E-state index in [1.54, 1.807) is 22.8 Å². The minimum Gasteiger partial charge on any atom is -0.478 e. The van der Waals surface area contributed by atoms with Gasteiger partial charge in [-0.1, -0.05) is 59.4 Å². The Morgan fingerprint density at radius 2 is 1.68 bits per heavy atom. The van der Waals surface area contributed by atoms with Crippen LogP contribution in [0.1, 0.15) is 35.7 Å². The second kappa shape index (κ2) is 13.8. The Bertz CT molecular complexity index is 1750. The molecule has 0 unspecified atom stereocenters. The van der Waals surface area contributed by atoms with Gasteiger partial charge in [-0.05, 0) is 53.8 Å². The molecule has 0 saturated heterocycles. The highest BCUT2D eigenvalue weighted by atomic mass is 17.1. The maximum atomic E-state index is 12.4. The lowest BCUT2D eigenvalue weighted by Gasteiger charge is -2.12. The Morgan fingerprint density at radius 1 is 0.932 bits per heavy atom. The normalized spacial score (nSPS) is 11.3. The van der Waals surface area contributed by atoms with E-state index in [0.29, 0.717) is 48.6 Å². The topological polar surface area (TPSA) is 187 Å². The van der Waals surface area contributed by atoms with Crippen LogP contribution in [0.15, 0.2) is 66.7 Å². The summed E-state index contributed by atoms with van der Waals surface area (Å²) in [6.45, 7) is 2.65. The van der Waals surface area contributed by atoms with Crippen molar-refractivity contribution < 1.29 is 39.4 Å². The lowest BCUT2D eigenvalue weighted by Crippen LogP contribution is -2.18. The van der Waals surface area contributed by atoms with E-state index in [9.17, 15) is 14.7 Å². The molecule has 5 rings (SSSR count). The minimum atomic E-state index is -1.05. The maximum Gasteiger partial charge on any atom is 0.453 e. The zero-order chi connectivity index (χ0) is 31.1. The third-order valence-electron chi connectivity index (χ3n) is 6.56. The van der Waals surface area contributed by atoms with E-state index in [1.807, 2.05) is 55.5 Å². The van der Waals surface area contributed by atoms with Crippen molar-refractivity contribution in [3.05, 3.63) is 77.9 Å². The first kappa shape index (κ1) is 30.2. The molecule has 2 aromatic heterocycles. The van der Waals surface area contributed by atoms with Crippen molar-refractivity contribution in [3.8, 4) is 28.5 Å². The zero-order valence-corrected chi connectivity index (χ0v) is 23.6. The second-order valence-corrected chi connectivity index (χ2v) is 9.44. The van der Waals surface area contributed by atoms with Crippen molar-refractivity contribution in [2.24, 2.45) is 0 Å². The molecule has 0 aliphatic rings. The number of carbonyl (C=O) groups excluding carboxylic acids is 1. The molecule has 0 amide bonds. The van der Waals surface area contributed by atoms with Gasteiger partial charge >= 0.3 is 12.1 Å². The molecular weight excluding hydrogens is 574 g/mol. The van der Waals surface area contributed by atoms with Gasteiger partial charge in [0.1, 0.15) is 0 Å². The first-order chi connectivity index (χ1) is 21.4. The molecule has 0 fully saturated rings. The van der Waals surface area contributed by atoms with E-state index in [0.717, 1.165) is 21.5 Å². The smallest absolute Gasteiger partial charge is 0.453 e. The molecule has 0 saturated carbocycles. The number of carbonyl (C=O) groups is 2. The van der Waals surface area contributed by atoms with E-state index < -0.39 is 12.1 Å². The number of aromatic carboxylic acids is 1. The molecule has 0 aliphatic heterocycles. The molecule has 3 N–H and O–H groups in total. The summed E-state index contributed by atoms with van der Waals surface area (Å²) in [5.74, 6) is -0.816. The van der Waals surface area contributed by atoms with Gasteiger partial charge in [-0.15, -0.1) is 10.2 Å². The van der Waals surface area contributed by atoms with Gasteiger partial charge < -0.3 is 14.6 Å². The summed E-state index contributed by atoms with van der Waals surface area (Å²) in [6, 6.07) is 20.5. The van der Waals surface area contributed by atoms with Crippen LogP contribution in [0, 0.1) is 0 Å². The second-order valence-electron chi connectivity index (χ2n) is 9.44. The summed E-state index contributed by atoms with van der Waals surface area (Å²) >= 11 is 0. The van der Waals surface area contributed by atoms with Crippen molar-refractivity contribution in [1.29, 1.82) is 0 Å². The van der Waals surface area contributed by atoms with Gasteiger partial charge in [0.25, 0.3) is 6.01 Å². The van der Waals surface area contributed by atoms with E-state index in [4.69, 9.17) is 19.9 Å². The number of benzene rings is 3. The van der Waals surface area contributed by atoms with Crippen molar-refractivity contribution in [1.82, 2.24) is 35.1 Å². The molecule has 0 aliphatic carbocycles. The molecule has 228 valence electrons. The fourth-order valence-electron chi connectivity index (χ4n) is 4.59. The van der Waals surface area contributed by atoms with Crippen LogP contribution >= 0.6 is 0 Å². The number of fused-ring (bicyclic) bond motifs is 1. The summed E-state index contributed by atoms with van der Waals surface area (Å²) in [4.78, 5) is 34.0. The van der Waals surface area contributed by atoms with Gasteiger partial charge in [-0.3, -0.25) is 19.8 Å². The molecule has 44 heavy (non-hydrogen) atoms. The summed E-state index contributed by atoms with van der Waals surface area (Å²) in [5, 5.41) is 38.5. The van der Waals surface area contributed by atoms with E-state index in [2.05, 4.69) is 25.2 Å². The summed E-state index contributed by atoms with van der Waals surface area (Å²) in [7, 11) is 0. The number of hydrogen-bond acceptors (Lipinski definition) is 12. The van der Waals surface area contributed by atoms with Gasteiger partial charge in [0, 0.05) is 5.56 Å². The Morgan fingerprint density at radius 3 is 2.41 bits per heavy atom. The van der Waals surface area contributed by atoms with E-state index >= 15 is 0 Å². The molecule has 5 aromatic rings. The van der Waals surface area contributed by atoms with Crippen LogP contribution in [0.3, 0.4) is 0 Å². The van der Waals surface area contributed by atoms with Crippen molar-refractivity contribution >= 4 is 23.1 Å². The highest BCUT2D eigenvalue weighted by Crippen LogP contribution is 2.31. The first-order valence-corrected chi connectivity index (χ1v) is 13.7. The average Bonchev–Trinajstić information content (AvgIpc) is 3.65. The lowest BCUT2D eigenvalue weighted by atomic mass is 9.98. The van der Waals surface area contributed by atoms with Crippen LogP contribution in [0.4, 0.5) is 4.79 Å².